The fraction of sp³-hybridized carbons (Fsp3) is 0.531. The van der Waals surface area contributed by atoms with Crippen LogP contribution in [0.4, 0.5) is 5.69 Å². The number of anilines is 1. The molecule has 11 heteroatoms. The summed E-state index contributed by atoms with van der Waals surface area (Å²) < 4.78 is 33.2. The van der Waals surface area contributed by atoms with Crippen molar-refractivity contribution < 1.29 is 27.4 Å². The van der Waals surface area contributed by atoms with E-state index in [2.05, 4.69) is 5.32 Å². The molecule has 2 heterocycles. The molecule has 4 rings (SSSR count). The third-order valence-electron chi connectivity index (χ3n) is 8.35. The van der Waals surface area contributed by atoms with Gasteiger partial charge in [0.2, 0.25) is 11.8 Å². The van der Waals surface area contributed by atoms with E-state index in [-0.39, 0.29) is 41.7 Å². The number of amides is 2. The van der Waals surface area contributed by atoms with Crippen LogP contribution in [-0.2, 0) is 26.3 Å². The molecule has 2 aromatic heterocycles. The molecular formula is C32H43N3O6S2. The summed E-state index contributed by atoms with van der Waals surface area (Å²) in [5.41, 5.74) is 3.41. The zero-order valence-corrected chi connectivity index (χ0v) is 26.7. The molecule has 1 fully saturated rings. The quantitative estimate of drug-likeness (QED) is 0.121. The predicted molar refractivity (Wildman–Crippen MR) is 171 cm³/mol. The highest BCUT2D eigenvalue weighted by molar-refractivity contribution is 7.85. The van der Waals surface area contributed by atoms with Gasteiger partial charge < -0.3 is 14.8 Å². The maximum atomic E-state index is 13.6. The maximum Gasteiger partial charge on any atom is 0.264 e. The minimum atomic E-state index is -3.91. The number of fused-ring (bicyclic) bond motifs is 1. The van der Waals surface area contributed by atoms with Crippen molar-refractivity contribution >= 4 is 55.0 Å². The Kier molecular flexibility index (Phi) is 11.6. The molecular weight excluding hydrogens is 587 g/mol. The topological polar surface area (TPSA) is 126 Å². The van der Waals surface area contributed by atoms with Gasteiger partial charge in [0.1, 0.15) is 6.54 Å². The molecule has 1 aromatic carbocycles. The van der Waals surface area contributed by atoms with Crippen molar-refractivity contribution in [2.24, 2.45) is 11.8 Å². The summed E-state index contributed by atoms with van der Waals surface area (Å²) in [6, 6.07) is 11.8. The molecule has 9 nitrogen and oxygen atoms in total. The number of thiophene rings is 1. The zero-order chi connectivity index (χ0) is 31.0. The van der Waals surface area contributed by atoms with E-state index in [9.17, 15) is 22.8 Å². The van der Waals surface area contributed by atoms with E-state index in [1.54, 1.807) is 16.2 Å². The minimum Gasteiger partial charge on any atom is -0.356 e. The van der Waals surface area contributed by atoms with Gasteiger partial charge in [-0.25, -0.2) is 0 Å². The van der Waals surface area contributed by atoms with Gasteiger partial charge >= 0.3 is 0 Å². The van der Waals surface area contributed by atoms with Gasteiger partial charge in [0.15, 0.2) is 5.78 Å². The molecule has 0 bridgehead atoms. The molecule has 2 N–H and O–H groups in total. The maximum absolute atomic E-state index is 13.6. The van der Waals surface area contributed by atoms with E-state index in [4.69, 9.17) is 4.55 Å². The van der Waals surface area contributed by atoms with Crippen molar-refractivity contribution in [3.63, 3.8) is 0 Å². The van der Waals surface area contributed by atoms with Gasteiger partial charge in [-0.3, -0.25) is 18.9 Å². The number of nitrogens with one attached hydrogen (secondary N) is 1. The van der Waals surface area contributed by atoms with E-state index in [1.165, 1.54) is 0 Å². The largest absolute Gasteiger partial charge is 0.356 e. The van der Waals surface area contributed by atoms with E-state index in [0.717, 1.165) is 60.0 Å². The van der Waals surface area contributed by atoms with E-state index in [1.807, 2.05) is 60.2 Å². The molecule has 0 unspecified atom stereocenters. The Bertz CT molecular complexity index is 1520. The lowest BCUT2D eigenvalue weighted by molar-refractivity contribution is -0.126. The number of aromatic nitrogens is 1. The normalized spacial score (nSPS) is 17.2. The van der Waals surface area contributed by atoms with Crippen LogP contribution in [-0.4, -0.2) is 54.0 Å². The molecule has 0 radical (unpaired) electrons. The summed E-state index contributed by atoms with van der Waals surface area (Å²) in [5.74, 6) is -0.0504. The highest BCUT2D eigenvalue weighted by Gasteiger charge is 2.29. The molecule has 3 aromatic rings. The molecule has 2 amide bonds. The highest BCUT2D eigenvalue weighted by Crippen LogP contribution is 2.33. The number of benzene rings is 1. The summed E-state index contributed by atoms with van der Waals surface area (Å²) in [7, 11) is -3.91. The second-order valence-corrected chi connectivity index (χ2v) is 14.1. The number of unbranched alkanes of at least 4 members (excludes halogenated alkanes) is 3. The van der Waals surface area contributed by atoms with Crippen LogP contribution in [0, 0.1) is 18.8 Å². The smallest absolute Gasteiger partial charge is 0.264 e. The molecule has 0 aliphatic heterocycles. The minimum absolute atomic E-state index is 0.0386. The van der Waals surface area contributed by atoms with Crippen LogP contribution in [0.15, 0.2) is 41.8 Å². The van der Waals surface area contributed by atoms with Gasteiger partial charge in [0.05, 0.1) is 21.7 Å². The number of hydrogen-bond donors (Lipinski definition) is 2. The van der Waals surface area contributed by atoms with E-state index < -0.39 is 10.1 Å². The molecule has 1 aliphatic rings. The Balaban J connectivity index is 1.28. The highest BCUT2D eigenvalue weighted by atomic mass is 32.2. The van der Waals surface area contributed by atoms with Gasteiger partial charge in [0, 0.05) is 31.1 Å². The first-order chi connectivity index (χ1) is 20.6. The summed E-state index contributed by atoms with van der Waals surface area (Å²) in [6.07, 6.45) is 6.17. The summed E-state index contributed by atoms with van der Waals surface area (Å²) in [4.78, 5) is 41.5. The first-order valence-electron chi connectivity index (χ1n) is 15.3. The number of ketones is 1. The number of hydrogen-bond acceptors (Lipinski definition) is 6. The van der Waals surface area contributed by atoms with Crippen LogP contribution in [0.3, 0.4) is 0 Å². The lowest BCUT2D eigenvalue weighted by Gasteiger charge is -2.27. The zero-order valence-electron chi connectivity index (χ0n) is 25.1. The molecule has 234 valence electrons. The van der Waals surface area contributed by atoms with Crippen LogP contribution in [0.1, 0.15) is 80.8 Å². The van der Waals surface area contributed by atoms with Crippen molar-refractivity contribution in [2.45, 2.75) is 78.2 Å². The van der Waals surface area contributed by atoms with Gasteiger partial charge in [0.25, 0.3) is 10.1 Å². The third kappa shape index (κ3) is 9.23. The Morgan fingerprint density at radius 1 is 1.05 bits per heavy atom. The van der Waals surface area contributed by atoms with Crippen molar-refractivity contribution in [3.8, 4) is 0 Å². The van der Waals surface area contributed by atoms with Gasteiger partial charge in [-0.05, 0) is 93.5 Å². The fourth-order valence-electron chi connectivity index (χ4n) is 6.01. The first-order valence-corrected chi connectivity index (χ1v) is 17.7. The third-order valence-corrected chi connectivity index (χ3v) is 10.0. The standard InChI is InChI=1S/C32H43N3O6S2/c1-3-34(26-10-8-9-23(2)19-26)31(37)22-35-27-15-17-42-30(27)21-28(35)29(36)20-24-11-13-25(14-12-24)32(38)33-16-6-4-5-7-18-43(39,40)41/h8-10,15,17,19,21,24-25H,3-7,11-14,16,18,20,22H2,1-2H3,(H,33,38)(H,39,40,41). The molecule has 1 saturated carbocycles. The van der Waals surface area contributed by atoms with Crippen LogP contribution in [0.25, 0.3) is 10.2 Å². The van der Waals surface area contributed by atoms with Crippen molar-refractivity contribution in [3.05, 3.63) is 53.0 Å². The molecule has 0 saturated heterocycles. The fourth-order valence-corrected chi connectivity index (χ4v) is 7.40. The molecule has 0 spiro atoms. The summed E-state index contributed by atoms with van der Waals surface area (Å²) >= 11 is 1.56. The first kappa shape index (κ1) is 32.9. The molecule has 1 aliphatic carbocycles. The monoisotopic (exact) mass is 629 g/mol. The van der Waals surface area contributed by atoms with Crippen molar-refractivity contribution in [1.29, 1.82) is 0 Å². The number of Topliss-reactive ketones (excluding diaryl/α,β-unsaturated/α-hetero) is 1. The lowest BCUT2D eigenvalue weighted by Crippen LogP contribution is -2.35. The van der Waals surface area contributed by atoms with Crippen molar-refractivity contribution in [1.82, 2.24) is 9.88 Å². The average Bonchev–Trinajstić information content (AvgIpc) is 3.55. The lowest BCUT2D eigenvalue weighted by atomic mass is 9.79. The number of aryl methyl sites for hydroxylation is 1. The van der Waals surface area contributed by atoms with Crippen LogP contribution in [0.5, 0.6) is 0 Å². The van der Waals surface area contributed by atoms with E-state index >= 15 is 0 Å². The van der Waals surface area contributed by atoms with Gasteiger partial charge in [-0.15, -0.1) is 11.3 Å². The number of carbonyl (C=O) groups excluding carboxylic acids is 3. The number of carbonyl (C=O) groups is 3. The van der Waals surface area contributed by atoms with Crippen LogP contribution < -0.4 is 10.2 Å². The summed E-state index contributed by atoms with van der Waals surface area (Å²) in [6.45, 7) is 5.14. The number of likely N-dealkylation sites (N-methyl/N-ethyl adjacent to an activating group) is 1. The Morgan fingerprint density at radius 3 is 2.49 bits per heavy atom. The second-order valence-electron chi connectivity index (χ2n) is 11.6. The predicted octanol–water partition coefficient (Wildman–Crippen LogP) is 6.01. The van der Waals surface area contributed by atoms with Crippen LogP contribution in [0.2, 0.25) is 0 Å². The molecule has 43 heavy (non-hydrogen) atoms. The average molecular weight is 630 g/mol. The Labute approximate surface area is 258 Å². The Hall–Kier alpha value is -3.02. The van der Waals surface area contributed by atoms with Crippen molar-refractivity contribution in [2.75, 3.05) is 23.7 Å². The van der Waals surface area contributed by atoms with Gasteiger partial charge in [-0.1, -0.05) is 25.0 Å². The van der Waals surface area contributed by atoms with Gasteiger partial charge in [-0.2, -0.15) is 8.42 Å². The SMILES string of the molecule is CCN(C(=O)Cn1c(C(=O)CC2CCC(C(=O)NCCCCCCS(=O)(=O)O)CC2)cc2sccc21)c1cccc(C)c1. The second kappa shape index (κ2) is 15.1. The Morgan fingerprint density at radius 2 is 1.79 bits per heavy atom. The van der Waals surface area contributed by atoms with E-state index in [0.29, 0.717) is 38.0 Å². The van der Waals surface area contributed by atoms with Crippen LogP contribution >= 0.6 is 11.3 Å². The molecule has 0 atom stereocenters. The number of nitrogens with zero attached hydrogens (tertiary/aromatic N) is 2. The summed E-state index contributed by atoms with van der Waals surface area (Å²) in [5, 5.41) is 4.98. The number of rotatable bonds is 15.